The van der Waals surface area contributed by atoms with Gasteiger partial charge in [-0.05, 0) is 25.0 Å². The van der Waals surface area contributed by atoms with E-state index in [1.54, 1.807) is 0 Å². The topological polar surface area (TPSA) is 29.1 Å². The number of Topliss-reactive ketones (excluding diaryl/α,β-unsaturated/α-hetero) is 1. The number of carbonyl (C=O) groups excluding carboxylic acids is 1. The molecular weight excluding hydrogens is 150 g/mol. The predicted octanol–water partition coefficient (Wildman–Crippen LogP) is 1.83. The second-order valence-electron chi connectivity index (χ2n) is 3.58. The molecule has 0 bridgehead atoms. The van der Waals surface area contributed by atoms with Crippen molar-refractivity contribution in [2.24, 2.45) is 0 Å². The number of ketones is 1. The Kier molecular flexibility index (Phi) is 0.888. The van der Waals surface area contributed by atoms with Gasteiger partial charge in [-0.2, -0.15) is 0 Å². The van der Waals surface area contributed by atoms with Crippen molar-refractivity contribution in [3.63, 3.8) is 0 Å². The van der Waals surface area contributed by atoms with Crippen LogP contribution in [0.25, 0.3) is 0 Å². The van der Waals surface area contributed by atoms with Crippen LogP contribution in [0, 0.1) is 0 Å². The van der Waals surface area contributed by atoms with Crippen LogP contribution in [0.5, 0.6) is 0 Å². The first-order valence-corrected chi connectivity index (χ1v) is 4.24. The minimum absolute atomic E-state index is 0.177. The number of para-hydroxylation sites is 1. The number of hydrogen-bond donors (Lipinski definition) is 1. The second kappa shape index (κ2) is 1.71. The Morgan fingerprint density at radius 3 is 2.67 bits per heavy atom. The smallest absolute Gasteiger partial charge is 0.190 e. The number of nitrogens with one attached hydrogen (secondary N) is 1. The van der Waals surface area contributed by atoms with Crippen molar-refractivity contribution in [1.82, 2.24) is 0 Å². The second-order valence-corrected chi connectivity index (χ2v) is 3.58. The van der Waals surface area contributed by atoms with E-state index in [1.165, 1.54) is 0 Å². The molecule has 2 heteroatoms. The zero-order chi connectivity index (χ0) is 8.18. The van der Waals surface area contributed by atoms with Crippen molar-refractivity contribution in [3.05, 3.63) is 29.8 Å². The van der Waals surface area contributed by atoms with Gasteiger partial charge in [-0.15, -0.1) is 0 Å². The first-order chi connectivity index (χ1) is 5.82. The van der Waals surface area contributed by atoms with Crippen molar-refractivity contribution >= 4 is 11.5 Å². The minimum atomic E-state index is -0.177. The molecule has 0 unspecified atom stereocenters. The number of fused-ring (bicyclic) bond motifs is 1. The lowest BCUT2D eigenvalue weighted by Crippen LogP contribution is -2.23. The van der Waals surface area contributed by atoms with Crippen LogP contribution in [0.3, 0.4) is 0 Å². The third-order valence-corrected chi connectivity index (χ3v) is 2.73. The Labute approximate surface area is 70.6 Å². The number of benzene rings is 1. The lowest BCUT2D eigenvalue weighted by atomic mass is 10.1. The molecule has 12 heavy (non-hydrogen) atoms. The highest BCUT2D eigenvalue weighted by Crippen LogP contribution is 2.47. The van der Waals surface area contributed by atoms with Gasteiger partial charge in [0.15, 0.2) is 5.78 Å². The lowest BCUT2D eigenvalue weighted by Gasteiger charge is -2.03. The molecule has 0 radical (unpaired) electrons. The maximum absolute atomic E-state index is 11.7. The maximum Gasteiger partial charge on any atom is 0.190 e. The van der Waals surface area contributed by atoms with Gasteiger partial charge < -0.3 is 5.32 Å². The third-order valence-electron chi connectivity index (χ3n) is 2.73. The molecule has 2 nitrogen and oxygen atoms in total. The molecule has 3 rings (SSSR count). The fraction of sp³-hybridized carbons (Fsp3) is 0.300. The van der Waals surface area contributed by atoms with Crippen LogP contribution in [0.1, 0.15) is 23.2 Å². The van der Waals surface area contributed by atoms with Gasteiger partial charge in [-0.3, -0.25) is 4.79 Å². The van der Waals surface area contributed by atoms with E-state index < -0.39 is 0 Å². The molecule has 0 atom stereocenters. The van der Waals surface area contributed by atoms with E-state index in [0.717, 1.165) is 24.1 Å². The Balaban J connectivity index is 2.19. The number of anilines is 1. The van der Waals surface area contributed by atoms with Gasteiger partial charge in [0, 0.05) is 11.3 Å². The monoisotopic (exact) mass is 159 g/mol. The van der Waals surface area contributed by atoms with Crippen LogP contribution in [0.15, 0.2) is 24.3 Å². The molecule has 1 aromatic carbocycles. The fourth-order valence-corrected chi connectivity index (χ4v) is 1.84. The molecule has 0 amide bonds. The molecule has 1 saturated carbocycles. The van der Waals surface area contributed by atoms with Gasteiger partial charge in [0.2, 0.25) is 0 Å². The summed E-state index contributed by atoms with van der Waals surface area (Å²) in [5.74, 6) is 0.290. The average molecular weight is 159 g/mol. The SMILES string of the molecule is O=C1c2ccccc2NC12CC2. The summed E-state index contributed by atoms with van der Waals surface area (Å²) >= 11 is 0. The zero-order valence-electron chi connectivity index (χ0n) is 6.63. The lowest BCUT2D eigenvalue weighted by molar-refractivity contribution is 0.0969. The van der Waals surface area contributed by atoms with E-state index in [4.69, 9.17) is 0 Å². The van der Waals surface area contributed by atoms with Crippen molar-refractivity contribution in [2.45, 2.75) is 18.4 Å². The summed E-state index contributed by atoms with van der Waals surface area (Å²) < 4.78 is 0. The van der Waals surface area contributed by atoms with Crippen molar-refractivity contribution in [3.8, 4) is 0 Å². The Hall–Kier alpha value is -1.31. The molecule has 1 heterocycles. The van der Waals surface area contributed by atoms with E-state index in [2.05, 4.69) is 5.32 Å². The first kappa shape index (κ1) is 6.23. The molecule has 1 aliphatic heterocycles. The molecular formula is C10H9NO. The van der Waals surface area contributed by atoms with Gasteiger partial charge in [0.05, 0.1) is 0 Å². The van der Waals surface area contributed by atoms with Crippen LogP contribution in [-0.4, -0.2) is 11.3 Å². The van der Waals surface area contributed by atoms with Crippen molar-refractivity contribution in [1.29, 1.82) is 0 Å². The quantitative estimate of drug-likeness (QED) is 0.625. The summed E-state index contributed by atoms with van der Waals surface area (Å²) in [5.41, 5.74) is 1.71. The third kappa shape index (κ3) is 0.583. The zero-order valence-corrected chi connectivity index (χ0v) is 6.63. The molecule has 60 valence electrons. The van der Waals surface area contributed by atoms with Gasteiger partial charge in [0.25, 0.3) is 0 Å². The number of carbonyl (C=O) groups is 1. The van der Waals surface area contributed by atoms with E-state index in [-0.39, 0.29) is 11.3 Å². The summed E-state index contributed by atoms with van der Waals surface area (Å²) in [7, 11) is 0. The van der Waals surface area contributed by atoms with Gasteiger partial charge in [-0.25, -0.2) is 0 Å². The number of rotatable bonds is 0. The largest absolute Gasteiger partial charge is 0.372 e. The molecule has 2 aliphatic rings. The Bertz CT molecular complexity index is 366. The highest BCUT2D eigenvalue weighted by molar-refractivity contribution is 6.15. The van der Waals surface area contributed by atoms with Crippen molar-refractivity contribution in [2.75, 3.05) is 5.32 Å². The minimum Gasteiger partial charge on any atom is -0.372 e. The van der Waals surface area contributed by atoms with E-state index in [9.17, 15) is 4.79 Å². The highest BCUT2D eigenvalue weighted by atomic mass is 16.1. The molecule has 1 fully saturated rings. The highest BCUT2D eigenvalue weighted by Gasteiger charge is 2.54. The van der Waals surface area contributed by atoms with Crippen LogP contribution in [0.4, 0.5) is 5.69 Å². The van der Waals surface area contributed by atoms with Gasteiger partial charge in [0.1, 0.15) is 5.54 Å². The molecule has 0 aromatic heterocycles. The Morgan fingerprint density at radius 2 is 2.00 bits per heavy atom. The molecule has 1 spiro atoms. The molecule has 1 N–H and O–H groups in total. The normalized spacial score (nSPS) is 22.2. The van der Waals surface area contributed by atoms with Crippen LogP contribution in [0.2, 0.25) is 0 Å². The Morgan fingerprint density at radius 1 is 1.25 bits per heavy atom. The summed E-state index contributed by atoms with van der Waals surface area (Å²) in [4.78, 5) is 11.7. The van der Waals surface area contributed by atoms with Gasteiger partial charge >= 0.3 is 0 Å². The standard InChI is InChI=1S/C10H9NO/c12-9-7-3-1-2-4-8(7)11-10(9)5-6-10/h1-4,11H,5-6H2. The van der Waals surface area contributed by atoms with Crippen molar-refractivity contribution < 1.29 is 4.79 Å². The van der Waals surface area contributed by atoms with Gasteiger partial charge in [-0.1, -0.05) is 12.1 Å². The van der Waals surface area contributed by atoms with Crippen LogP contribution >= 0.6 is 0 Å². The molecule has 1 aliphatic carbocycles. The first-order valence-electron chi connectivity index (χ1n) is 4.24. The summed E-state index contributed by atoms with van der Waals surface area (Å²) in [5, 5.41) is 3.29. The average Bonchev–Trinajstić information content (AvgIpc) is 2.79. The van der Waals surface area contributed by atoms with E-state index in [0.29, 0.717) is 0 Å². The summed E-state index contributed by atoms with van der Waals surface area (Å²) in [6, 6.07) is 7.75. The van der Waals surface area contributed by atoms with Crippen LogP contribution in [-0.2, 0) is 0 Å². The fourth-order valence-electron chi connectivity index (χ4n) is 1.84. The number of hydrogen-bond acceptors (Lipinski definition) is 2. The summed E-state index contributed by atoms with van der Waals surface area (Å²) in [6.07, 6.45) is 2.00. The van der Waals surface area contributed by atoms with E-state index in [1.807, 2.05) is 24.3 Å². The predicted molar refractivity (Wildman–Crippen MR) is 46.4 cm³/mol. The summed E-state index contributed by atoms with van der Waals surface area (Å²) in [6.45, 7) is 0. The maximum atomic E-state index is 11.7. The van der Waals surface area contributed by atoms with E-state index >= 15 is 0 Å². The molecule has 0 saturated heterocycles. The molecule has 1 aromatic rings. The van der Waals surface area contributed by atoms with Crippen LogP contribution < -0.4 is 5.32 Å².